The fraction of sp³-hybridized carbons (Fsp3) is 0.333. The summed E-state index contributed by atoms with van der Waals surface area (Å²) in [4.78, 5) is 12.0. The van der Waals surface area contributed by atoms with Gasteiger partial charge in [0.15, 0.2) is 5.82 Å². The van der Waals surface area contributed by atoms with Gasteiger partial charge in [0.05, 0.1) is 30.9 Å². The molecule has 0 spiro atoms. The molecule has 1 aromatic heterocycles. The van der Waals surface area contributed by atoms with Crippen molar-refractivity contribution >= 4 is 16.7 Å². The molecule has 5 heteroatoms. The van der Waals surface area contributed by atoms with Crippen molar-refractivity contribution in [2.45, 2.75) is 25.5 Å². The van der Waals surface area contributed by atoms with Crippen LogP contribution in [0.15, 0.2) is 54.6 Å². The van der Waals surface area contributed by atoms with Gasteiger partial charge in [-0.1, -0.05) is 42.5 Å². The van der Waals surface area contributed by atoms with Crippen LogP contribution in [0.5, 0.6) is 0 Å². The first-order valence-corrected chi connectivity index (χ1v) is 9.07. The van der Waals surface area contributed by atoms with Crippen LogP contribution < -0.4 is 4.90 Å². The van der Waals surface area contributed by atoms with Crippen LogP contribution in [0.1, 0.15) is 13.3 Å². The van der Waals surface area contributed by atoms with Gasteiger partial charge in [0, 0.05) is 17.5 Å². The van der Waals surface area contributed by atoms with Gasteiger partial charge in [-0.3, -0.25) is 0 Å². The van der Waals surface area contributed by atoms with E-state index in [9.17, 15) is 5.11 Å². The Morgan fingerprint density at radius 3 is 2.69 bits per heavy atom. The van der Waals surface area contributed by atoms with Crippen molar-refractivity contribution in [2.75, 3.05) is 24.7 Å². The minimum Gasteiger partial charge on any atom is -0.393 e. The number of nitrogens with zero attached hydrogens (tertiary/aromatic N) is 3. The van der Waals surface area contributed by atoms with Crippen LogP contribution in [-0.4, -0.2) is 47.0 Å². The van der Waals surface area contributed by atoms with Crippen molar-refractivity contribution in [3.05, 3.63) is 54.6 Å². The van der Waals surface area contributed by atoms with E-state index < -0.39 is 0 Å². The molecule has 1 N–H and O–H groups in total. The van der Waals surface area contributed by atoms with E-state index in [1.807, 2.05) is 55.5 Å². The quantitative estimate of drug-likeness (QED) is 0.783. The predicted octanol–water partition coefficient (Wildman–Crippen LogP) is 3.27. The van der Waals surface area contributed by atoms with E-state index in [2.05, 4.69) is 11.0 Å². The highest BCUT2D eigenvalue weighted by atomic mass is 16.5. The topological polar surface area (TPSA) is 58.5 Å². The maximum atomic E-state index is 9.90. The van der Waals surface area contributed by atoms with Gasteiger partial charge in [0.25, 0.3) is 0 Å². The SMILES string of the molecule is CC(O)CC1COCCN1c1nc(-c2ccccc2)nc2ccccc12. The Hall–Kier alpha value is -2.50. The number of ether oxygens (including phenoxy) is 1. The monoisotopic (exact) mass is 349 g/mol. The van der Waals surface area contributed by atoms with Crippen molar-refractivity contribution in [2.24, 2.45) is 0 Å². The first-order chi connectivity index (χ1) is 12.7. The summed E-state index contributed by atoms with van der Waals surface area (Å²) in [5.74, 6) is 1.64. The summed E-state index contributed by atoms with van der Waals surface area (Å²) >= 11 is 0. The summed E-state index contributed by atoms with van der Waals surface area (Å²) in [6.45, 7) is 3.84. The van der Waals surface area contributed by atoms with Gasteiger partial charge in [0.1, 0.15) is 5.82 Å². The lowest BCUT2D eigenvalue weighted by molar-refractivity contribution is 0.0719. The van der Waals surface area contributed by atoms with Crippen LogP contribution >= 0.6 is 0 Å². The number of fused-ring (bicyclic) bond motifs is 1. The Morgan fingerprint density at radius 1 is 1.12 bits per heavy atom. The third-order valence-electron chi connectivity index (χ3n) is 4.73. The zero-order valence-electron chi connectivity index (χ0n) is 14.9. The molecular weight excluding hydrogens is 326 g/mol. The highest BCUT2D eigenvalue weighted by molar-refractivity contribution is 5.91. The number of para-hydroxylation sites is 1. The predicted molar refractivity (Wildman–Crippen MR) is 103 cm³/mol. The van der Waals surface area contributed by atoms with Gasteiger partial charge in [-0.25, -0.2) is 9.97 Å². The van der Waals surface area contributed by atoms with Crippen LogP contribution in [-0.2, 0) is 4.74 Å². The number of anilines is 1. The molecule has 2 heterocycles. The summed E-state index contributed by atoms with van der Waals surface area (Å²) in [5, 5.41) is 10.9. The second kappa shape index (κ2) is 7.40. The molecular formula is C21H23N3O2. The van der Waals surface area contributed by atoms with Gasteiger partial charge in [0.2, 0.25) is 0 Å². The Balaban J connectivity index is 1.84. The average Bonchev–Trinajstić information content (AvgIpc) is 2.68. The largest absolute Gasteiger partial charge is 0.393 e. The Kier molecular flexibility index (Phi) is 4.82. The van der Waals surface area contributed by atoms with Crippen molar-refractivity contribution in [3.63, 3.8) is 0 Å². The fourth-order valence-corrected chi connectivity index (χ4v) is 3.52. The van der Waals surface area contributed by atoms with Crippen LogP contribution in [0, 0.1) is 0 Å². The van der Waals surface area contributed by atoms with Crippen molar-refractivity contribution in [1.29, 1.82) is 0 Å². The molecule has 0 saturated carbocycles. The molecule has 1 saturated heterocycles. The smallest absolute Gasteiger partial charge is 0.162 e. The second-order valence-electron chi connectivity index (χ2n) is 6.76. The number of aliphatic hydroxyl groups excluding tert-OH is 1. The molecule has 0 radical (unpaired) electrons. The highest BCUT2D eigenvalue weighted by Crippen LogP contribution is 2.30. The first kappa shape index (κ1) is 16.9. The molecule has 4 rings (SSSR count). The Bertz CT molecular complexity index is 883. The Labute approximate surface area is 153 Å². The lowest BCUT2D eigenvalue weighted by Gasteiger charge is -2.37. The molecule has 3 aromatic rings. The van der Waals surface area contributed by atoms with E-state index >= 15 is 0 Å². The van der Waals surface area contributed by atoms with E-state index in [-0.39, 0.29) is 12.1 Å². The van der Waals surface area contributed by atoms with E-state index in [4.69, 9.17) is 14.7 Å². The molecule has 2 atom stereocenters. The fourth-order valence-electron chi connectivity index (χ4n) is 3.52. The highest BCUT2D eigenvalue weighted by Gasteiger charge is 2.27. The molecule has 134 valence electrons. The van der Waals surface area contributed by atoms with E-state index in [1.165, 1.54) is 0 Å². The molecule has 2 unspecified atom stereocenters. The van der Waals surface area contributed by atoms with E-state index in [0.29, 0.717) is 19.6 Å². The van der Waals surface area contributed by atoms with Crippen LogP contribution in [0.25, 0.3) is 22.3 Å². The van der Waals surface area contributed by atoms with Gasteiger partial charge >= 0.3 is 0 Å². The lowest BCUT2D eigenvalue weighted by Crippen LogP contribution is -2.47. The number of morpholine rings is 1. The van der Waals surface area contributed by atoms with Crippen molar-refractivity contribution in [3.8, 4) is 11.4 Å². The molecule has 5 nitrogen and oxygen atoms in total. The zero-order chi connectivity index (χ0) is 17.9. The van der Waals surface area contributed by atoms with Gasteiger partial charge in [-0.2, -0.15) is 0 Å². The molecule has 0 amide bonds. The molecule has 1 fully saturated rings. The summed E-state index contributed by atoms with van der Waals surface area (Å²) < 4.78 is 5.67. The second-order valence-corrected chi connectivity index (χ2v) is 6.76. The van der Waals surface area contributed by atoms with Crippen molar-refractivity contribution in [1.82, 2.24) is 9.97 Å². The summed E-state index contributed by atoms with van der Waals surface area (Å²) in [6.07, 6.45) is 0.268. The summed E-state index contributed by atoms with van der Waals surface area (Å²) in [6, 6.07) is 18.3. The molecule has 1 aliphatic rings. The minimum atomic E-state index is -0.383. The van der Waals surface area contributed by atoms with Crippen LogP contribution in [0.3, 0.4) is 0 Å². The number of hydrogen-bond acceptors (Lipinski definition) is 5. The maximum Gasteiger partial charge on any atom is 0.162 e. The molecule has 0 bridgehead atoms. The number of benzene rings is 2. The van der Waals surface area contributed by atoms with Crippen LogP contribution in [0.4, 0.5) is 5.82 Å². The molecule has 26 heavy (non-hydrogen) atoms. The number of aliphatic hydroxyl groups is 1. The Morgan fingerprint density at radius 2 is 1.88 bits per heavy atom. The summed E-state index contributed by atoms with van der Waals surface area (Å²) in [7, 11) is 0. The van der Waals surface area contributed by atoms with Crippen LogP contribution in [0.2, 0.25) is 0 Å². The average molecular weight is 349 g/mol. The maximum absolute atomic E-state index is 9.90. The standard InChI is InChI=1S/C21H23N3O2/c1-15(25)13-17-14-26-12-11-24(17)21-18-9-5-6-10-19(18)22-20(23-21)16-7-3-2-4-8-16/h2-10,15,17,25H,11-14H2,1H3. The van der Waals surface area contributed by atoms with E-state index in [1.54, 1.807) is 0 Å². The van der Waals surface area contributed by atoms with Gasteiger partial charge in [-0.15, -0.1) is 0 Å². The third-order valence-corrected chi connectivity index (χ3v) is 4.73. The molecule has 0 aliphatic carbocycles. The summed E-state index contributed by atoms with van der Waals surface area (Å²) in [5.41, 5.74) is 1.93. The third kappa shape index (κ3) is 3.41. The first-order valence-electron chi connectivity index (χ1n) is 9.07. The lowest BCUT2D eigenvalue weighted by atomic mass is 10.1. The molecule has 1 aliphatic heterocycles. The normalized spacial score (nSPS) is 18.8. The number of aromatic nitrogens is 2. The van der Waals surface area contributed by atoms with E-state index in [0.717, 1.165) is 34.7 Å². The molecule has 2 aromatic carbocycles. The van der Waals surface area contributed by atoms with Crippen molar-refractivity contribution < 1.29 is 9.84 Å². The number of hydrogen-bond donors (Lipinski definition) is 1. The van der Waals surface area contributed by atoms with Gasteiger partial charge in [-0.05, 0) is 25.5 Å². The minimum absolute atomic E-state index is 0.102. The van der Waals surface area contributed by atoms with Gasteiger partial charge < -0.3 is 14.7 Å². The number of rotatable bonds is 4. The zero-order valence-corrected chi connectivity index (χ0v) is 14.9.